The number of rotatable bonds is 5. The molecule has 0 aliphatic heterocycles. The van der Waals surface area contributed by atoms with Gasteiger partial charge >= 0.3 is 0 Å². The quantitative estimate of drug-likeness (QED) is 0.706. The lowest BCUT2D eigenvalue weighted by Gasteiger charge is -2.11. The lowest BCUT2D eigenvalue weighted by molar-refractivity contribution is 0.0952. The molecule has 0 amide bonds. The van der Waals surface area contributed by atoms with Crippen LogP contribution < -0.4 is 5.73 Å². The molecule has 0 bridgehead atoms. The number of anilines is 1. The van der Waals surface area contributed by atoms with Crippen LogP contribution in [0.4, 0.5) is 19.0 Å². The van der Waals surface area contributed by atoms with Crippen molar-refractivity contribution in [3.63, 3.8) is 0 Å². The molecule has 1 aliphatic rings. The number of hydrogen-bond acceptors (Lipinski definition) is 3. The molecular formula is C19H16F3N3O. The summed E-state index contributed by atoms with van der Waals surface area (Å²) in [5, 5.41) is 0. The van der Waals surface area contributed by atoms with Gasteiger partial charge < -0.3 is 5.73 Å². The van der Waals surface area contributed by atoms with Gasteiger partial charge in [0.1, 0.15) is 23.3 Å². The first kappa shape index (κ1) is 16.6. The first-order chi connectivity index (χ1) is 12.5. The molecule has 1 fully saturated rings. The number of carbonyl (C=O) groups is 1. The van der Waals surface area contributed by atoms with Gasteiger partial charge in [-0.3, -0.25) is 13.6 Å². The van der Waals surface area contributed by atoms with Gasteiger partial charge in [-0.1, -0.05) is 12.1 Å². The fourth-order valence-electron chi connectivity index (χ4n) is 3.26. The molecule has 26 heavy (non-hydrogen) atoms. The number of Topliss-reactive ketones (excluding diaryl/α,β-unsaturated/α-hetero) is 1. The number of halogens is 3. The molecule has 2 aromatic heterocycles. The van der Waals surface area contributed by atoms with Crippen molar-refractivity contribution in [1.82, 2.24) is 9.38 Å². The van der Waals surface area contributed by atoms with Gasteiger partial charge in [-0.2, -0.15) is 0 Å². The third-order valence-corrected chi connectivity index (χ3v) is 4.70. The zero-order valence-electron chi connectivity index (χ0n) is 13.8. The Morgan fingerprint density at radius 2 is 2.08 bits per heavy atom. The van der Waals surface area contributed by atoms with Crippen LogP contribution in [0.3, 0.4) is 0 Å². The van der Waals surface area contributed by atoms with Gasteiger partial charge in [-0.15, -0.1) is 0 Å². The summed E-state index contributed by atoms with van der Waals surface area (Å²) in [7, 11) is 0. The highest BCUT2D eigenvalue weighted by Gasteiger charge is 2.45. The standard InChI is InChI=1S/C19H16F3N3O/c20-7-6-12-11(2-1-3-14(12)21)10-4-5-16-24-19(23)17(25(16)9-10)18(26)13-8-15(13)22/h1-5,9,13,15H,6-8,23H2/t13-,15+/m1/s1. The smallest absolute Gasteiger partial charge is 0.189 e. The SMILES string of the molecule is Nc1nc2ccc(-c3cccc(F)c3CCF)cn2c1C(=O)[C@@H]1C[C@@H]1F. The van der Waals surface area contributed by atoms with E-state index in [1.807, 2.05) is 0 Å². The van der Waals surface area contributed by atoms with Crippen molar-refractivity contribution in [1.29, 1.82) is 0 Å². The van der Waals surface area contributed by atoms with Crippen LogP contribution in [0.5, 0.6) is 0 Å². The van der Waals surface area contributed by atoms with Crippen molar-refractivity contribution in [2.24, 2.45) is 5.92 Å². The number of nitrogens with zero attached hydrogens (tertiary/aromatic N) is 2. The predicted octanol–water partition coefficient (Wildman–Crippen LogP) is 3.78. The number of nitrogen functional groups attached to an aromatic ring is 1. The van der Waals surface area contributed by atoms with Crippen LogP contribution in [-0.4, -0.2) is 28.0 Å². The highest BCUT2D eigenvalue weighted by molar-refractivity contribution is 6.03. The fourth-order valence-corrected chi connectivity index (χ4v) is 3.26. The maximum absolute atomic E-state index is 14.1. The first-order valence-corrected chi connectivity index (χ1v) is 8.31. The predicted molar refractivity (Wildman–Crippen MR) is 92.0 cm³/mol. The van der Waals surface area contributed by atoms with Crippen molar-refractivity contribution < 1.29 is 18.0 Å². The van der Waals surface area contributed by atoms with Gasteiger partial charge in [0, 0.05) is 12.6 Å². The van der Waals surface area contributed by atoms with Crippen molar-refractivity contribution in [3.8, 4) is 11.1 Å². The minimum atomic E-state index is -1.14. The van der Waals surface area contributed by atoms with Gasteiger partial charge in [-0.05, 0) is 41.3 Å². The molecular weight excluding hydrogens is 343 g/mol. The first-order valence-electron chi connectivity index (χ1n) is 8.31. The van der Waals surface area contributed by atoms with E-state index in [9.17, 15) is 18.0 Å². The number of hydrogen-bond donors (Lipinski definition) is 1. The lowest BCUT2D eigenvalue weighted by Crippen LogP contribution is -2.10. The van der Waals surface area contributed by atoms with Gasteiger partial charge in [0.05, 0.1) is 12.6 Å². The molecule has 1 saturated carbocycles. The second kappa shape index (κ2) is 6.16. The van der Waals surface area contributed by atoms with E-state index in [-0.39, 0.29) is 35.7 Å². The molecule has 2 atom stereocenters. The topological polar surface area (TPSA) is 60.4 Å². The van der Waals surface area contributed by atoms with Crippen LogP contribution in [-0.2, 0) is 6.42 Å². The number of nitrogens with two attached hydrogens (primary N) is 1. The molecule has 4 nitrogen and oxygen atoms in total. The van der Waals surface area contributed by atoms with E-state index in [0.29, 0.717) is 16.8 Å². The maximum atomic E-state index is 14.1. The highest BCUT2D eigenvalue weighted by Crippen LogP contribution is 2.38. The monoisotopic (exact) mass is 359 g/mol. The summed E-state index contributed by atoms with van der Waals surface area (Å²) in [5.41, 5.74) is 7.84. The van der Waals surface area contributed by atoms with Crippen molar-refractivity contribution in [2.45, 2.75) is 19.0 Å². The average Bonchev–Trinajstić information content (AvgIpc) is 3.25. The van der Waals surface area contributed by atoms with Crippen LogP contribution in [0, 0.1) is 11.7 Å². The van der Waals surface area contributed by atoms with Gasteiger partial charge in [0.25, 0.3) is 0 Å². The highest BCUT2D eigenvalue weighted by atomic mass is 19.1. The number of carbonyl (C=O) groups excluding carboxylic acids is 1. The number of benzene rings is 1. The molecule has 2 N–H and O–H groups in total. The molecule has 134 valence electrons. The van der Waals surface area contributed by atoms with E-state index in [0.717, 1.165) is 0 Å². The van der Waals surface area contributed by atoms with Crippen molar-refractivity contribution >= 4 is 17.2 Å². The van der Waals surface area contributed by atoms with E-state index in [1.54, 1.807) is 30.5 Å². The molecule has 0 unspecified atom stereocenters. The molecule has 2 heterocycles. The molecule has 0 radical (unpaired) electrons. The van der Waals surface area contributed by atoms with Gasteiger partial charge in [-0.25, -0.2) is 13.8 Å². The normalized spacial score (nSPS) is 19.0. The minimum Gasteiger partial charge on any atom is -0.382 e. The summed E-state index contributed by atoms with van der Waals surface area (Å²) >= 11 is 0. The maximum Gasteiger partial charge on any atom is 0.189 e. The van der Waals surface area contributed by atoms with Gasteiger partial charge in [0.2, 0.25) is 0 Å². The molecule has 1 aromatic carbocycles. The Bertz CT molecular complexity index is 1010. The summed E-state index contributed by atoms with van der Waals surface area (Å²) in [6.07, 6.45) is 0.604. The number of alkyl halides is 2. The molecule has 3 aromatic rings. The third-order valence-electron chi connectivity index (χ3n) is 4.70. The average molecular weight is 359 g/mol. The Hall–Kier alpha value is -2.83. The summed E-state index contributed by atoms with van der Waals surface area (Å²) in [6.45, 7) is -0.683. The molecule has 1 aliphatic carbocycles. The number of pyridine rings is 1. The Labute approximate surface area is 147 Å². The largest absolute Gasteiger partial charge is 0.382 e. The van der Waals surface area contributed by atoms with E-state index in [1.165, 1.54) is 10.5 Å². The molecule has 7 heteroatoms. The molecule has 4 rings (SSSR count). The molecule has 0 spiro atoms. The van der Waals surface area contributed by atoms with Crippen LogP contribution in [0.1, 0.15) is 22.5 Å². The lowest BCUT2D eigenvalue weighted by atomic mass is 9.98. The summed E-state index contributed by atoms with van der Waals surface area (Å²) in [6, 6.07) is 7.87. The van der Waals surface area contributed by atoms with Crippen molar-refractivity contribution in [2.75, 3.05) is 12.4 Å². The summed E-state index contributed by atoms with van der Waals surface area (Å²) in [5.74, 6) is -1.52. The molecule has 0 saturated heterocycles. The minimum absolute atomic E-state index is 0.0365. The van der Waals surface area contributed by atoms with E-state index in [2.05, 4.69) is 4.98 Å². The second-order valence-corrected chi connectivity index (χ2v) is 6.42. The summed E-state index contributed by atoms with van der Waals surface area (Å²) in [4.78, 5) is 16.6. The number of aromatic nitrogens is 2. The zero-order chi connectivity index (χ0) is 18.4. The zero-order valence-corrected chi connectivity index (χ0v) is 13.8. The van der Waals surface area contributed by atoms with Crippen molar-refractivity contribution in [3.05, 3.63) is 53.6 Å². The number of fused-ring (bicyclic) bond motifs is 1. The second-order valence-electron chi connectivity index (χ2n) is 6.42. The van der Waals surface area contributed by atoms with Crippen LogP contribution in [0.25, 0.3) is 16.8 Å². The van der Waals surface area contributed by atoms with E-state index < -0.39 is 24.6 Å². The van der Waals surface area contributed by atoms with Crippen LogP contribution in [0.15, 0.2) is 36.5 Å². The Balaban J connectivity index is 1.86. The third kappa shape index (κ3) is 2.64. The fraction of sp³-hybridized carbons (Fsp3) is 0.263. The number of ketones is 1. The van der Waals surface area contributed by atoms with E-state index >= 15 is 0 Å². The Morgan fingerprint density at radius 1 is 1.31 bits per heavy atom. The number of imidazole rings is 1. The van der Waals surface area contributed by atoms with E-state index in [4.69, 9.17) is 5.73 Å². The Morgan fingerprint density at radius 3 is 2.77 bits per heavy atom. The van der Waals surface area contributed by atoms with Gasteiger partial charge in [0.15, 0.2) is 11.6 Å². The van der Waals surface area contributed by atoms with Crippen LogP contribution >= 0.6 is 0 Å². The Kier molecular flexibility index (Phi) is 3.94. The summed E-state index contributed by atoms with van der Waals surface area (Å²) < 4.78 is 41.7. The van der Waals surface area contributed by atoms with Crippen LogP contribution in [0.2, 0.25) is 0 Å².